The molecule has 0 unspecified atom stereocenters. The van der Waals surface area contributed by atoms with Gasteiger partial charge in [-0.2, -0.15) is 0 Å². The Morgan fingerprint density at radius 2 is 1.85 bits per heavy atom. The summed E-state index contributed by atoms with van der Waals surface area (Å²) in [6.45, 7) is 5.74. The second kappa shape index (κ2) is 10.5. The summed E-state index contributed by atoms with van der Waals surface area (Å²) in [4.78, 5) is 38.0. The van der Waals surface area contributed by atoms with Gasteiger partial charge in [0.25, 0.3) is 0 Å². The first-order chi connectivity index (χ1) is 19.4. The predicted octanol–water partition coefficient (Wildman–Crippen LogP) is 6.31. The van der Waals surface area contributed by atoms with E-state index in [-0.39, 0.29) is 24.7 Å². The van der Waals surface area contributed by atoms with Crippen molar-refractivity contribution in [2.75, 3.05) is 0 Å². The van der Waals surface area contributed by atoms with Crippen molar-refractivity contribution in [3.63, 3.8) is 0 Å². The van der Waals surface area contributed by atoms with Crippen molar-refractivity contribution >= 4 is 28.7 Å². The van der Waals surface area contributed by atoms with Gasteiger partial charge in [0.2, 0.25) is 0 Å². The molecule has 1 atom stereocenters. The maximum Gasteiger partial charge on any atom is 0.407 e. The first-order valence-electron chi connectivity index (χ1n) is 13.6. The number of aromatic nitrogens is 4. The lowest BCUT2D eigenvalue weighted by Crippen LogP contribution is -2.27. The number of pyridine rings is 2. The van der Waals surface area contributed by atoms with Gasteiger partial charge in [-0.15, -0.1) is 0 Å². The average molecular weight is 538 g/mol. The lowest BCUT2D eigenvalue weighted by Gasteiger charge is -2.13. The number of aromatic amines is 1. The molecular weight excluding hydrogens is 506 g/mol. The monoisotopic (exact) mass is 537 g/mol. The number of carbonyl (C=O) groups excluding carboxylic acids is 2. The first kappa shape index (κ1) is 25.6. The number of imidazole rings is 1. The summed E-state index contributed by atoms with van der Waals surface area (Å²) in [5.74, 6) is 0.0589. The van der Waals surface area contributed by atoms with Gasteiger partial charge in [0, 0.05) is 17.5 Å². The van der Waals surface area contributed by atoms with E-state index in [1.807, 2.05) is 75.5 Å². The van der Waals surface area contributed by atoms with E-state index in [4.69, 9.17) is 19.4 Å². The van der Waals surface area contributed by atoms with Crippen molar-refractivity contribution in [3.05, 3.63) is 89.4 Å². The first-order valence-corrected chi connectivity index (χ1v) is 13.6. The number of H-pyrrole nitrogens is 1. The van der Waals surface area contributed by atoms with Crippen LogP contribution in [0, 0.1) is 0 Å². The fourth-order valence-corrected chi connectivity index (χ4v) is 4.82. The molecule has 5 aromatic rings. The zero-order chi connectivity index (χ0) is 27.8. The van der Waals surface area contributed by atoms with Crippen molar-refractivity contribution in [3.8, 4) is 11.4 Å². The number of hydrogen-bond donors (Lipinski definition) is 2. The molecule has 40 heavy (non-hydrogen) atoms. The van der Waals surface area contributed by atoms with Gasteiger partial charge in [-0.25, -0.2) is 19.6 Å². The van der Waals surface area contributed by atoms with Crippen LogP contribution in [0.1, 0.15) is 72.9 Å². The highest BCUT2D eigenvalue weighted by Crippen LogP contribution is 2.44. The summed E-state index contributed by atoms with van der Waals surface area (Å²) in [6, 6.07) is 18.7. The van der Waals surface area contributed by atoms with Crippen LogP contribution in [0.15, 0.2) is 66.9 Å². The molecule has 1 saturated carbocycles. The smallest absolute Gasteiger partial charge is 0.407 e. The third kappa shape index (κ3) is 5.27. The number of rotatable bonds is 8. The van der Waals surface area contributed by atoms with Gasteiger partial charge in [-0.05, 0) is 69.5 Å². The molecule has 4 aromatic heterocycles. The van der Waals surface area contributed by atoms with Crippen LogP contribution < -0.4 is 5.32 Å². The molecule has 1 aromatic carbocycles. The fourth-order valence-electron chi connectivity index (χ4n) is 4.82. The number of nitrogens with one attached hydrogen (secondary N) is 2. The van der Waals surface area contributed by atoms with E-state index >= 15 is 0 Å². The summed E-state index contributed by atoms with van der Waals surface area (Å²) in [6.07, 6.45) is 3.41. The summed E-state index contributed by atoms with van der Waals surface area (Å²) >= 11 is 0. The second-order valence-electron chi connectivity index (χ2n) is 10.5. The van der Waals surface area contributed by atoms with E-state index in [2.05, 4.69) is 14.7 Å². The Balaban J connectivity index is 1.24. The summed E-state index contributed by atoms with van der Waals surface area (Å²) in [5, 5.41) is 3.80. The van der Waals surface area contributed by atoms with Gasteiger partial charge in [0.1, 0.15) is 23.6 Å². The minimum atomic E-state index is -0.499. The molecule has 0 aliphatic heterocycles. The van der Waals surface area contributed by atoms with E-state index in [0.717, 1.165) is 40.9 Å². The molecule has 6 rings (SSSR count). The van der Waals surface area contributed by atoms with Crippen LogP contribution in [0.25, 0.3) is 28.1 Å². The van der Waals surface area contributed by atoms with Gasteiger partial charge in [-0.1, -0.05) is 30.3 Å². The van der Waals surface area contributed by atoms with E-state index in [1.165, 1.54) is 0 Å². The largest absolute Gasteiger partial charge is 0.459 e. The van der Waals surface area contributed by atoms with Crippen LogP contribution in [-0.4, -0.2) is 37.5 Å². The number of esters is 1. The topological polar surface area (TPSA) is 111 Å². The molecule has 4 heterocycles. The Labute approximate surface area is 231 Å². The number of alkyl carbamates (subject to hydrolysis) is 1. The highest BCUT2D eigenvalue weighted by molar-refractivity contribution is 5.91. The number of benzene rings is 1. The zero-order valence-electron chi connectivity index (χ0n) is 22.7. The second-order valence-corrected chi connectivity index (χ2v) is 10.5. The average Bonchev–Trinajstić information content (AvgIpc) is 3.57. The lowest BCUT2D eigenvalue weighted by atomic mass is 10.1. The molecular formula is C31H31N5O4. The van der Waals surface area contributed by atoms with Gasteiger partial charge in [0.15, 0.2) is 0 Å². The molecule has 1 fully saturated rings. The van der Waals surface area contributed by atoms with Crippen molar-refractivity contribution in [1.82, 2.24) is 24.7 Å². The number of ether oxygens (including phenoxy) is 2. The summed E-state index contributed by atoms with van der Waals surface area (Å²) < 4.78 is 12.8. The molecule has 1 aliphatic carbocycles. The molecule has 1 amide bonds. The Morgan fingerprint density at radius 3 is 2.60 bits per heavy atom. The lowest BCUT2D eigenvalue weighted by molar-refractivity contribution is 0.0378. The Morgan fingerprint density at radius 1 is 1.05 bits per heavy atom. The SMILES string of the molecule is CC(C)OC(=O)c1ccn2c(C3CC3)c(-c3cc4ccc([C@@H](C)NC(=O)OCc5ccccc5)nc4[nH]3)nc2c1. The molecule has 0 radical (unpaired) electrons. The Hall–Kier alpha value is -4.66. The maximum atomic E-state index is 12.5. The van der Waals surface area contributed by atoms with Crippen LogP contribution in [0.2, 0.25) is 0 Å². The maximum absolute atomic E-state index is 12.5. The molecule has 1 aliphatic rings. The highest BCUT2D eigenvalue weighted by atomic mass is 16.5. The Bertz CT molecular complexity index is 1700. The van der Waals surface area contributed by atoms with Gasteiger partial charge < -0.3 is 24.2 Å². The summed E-state index contributed by atoms with van der Waals surface area (Å²) in [7, 11) is 0. The molecule has 9 heteroatoms. The molecule has 0 spiro atoms. The van der Waals surface area contributed by atoms with Crippen molar-refractivity contribution < 1.29 is 19.1 Å². The van der Waals surface area contributed by atoms with Crippen molar-refractivity contribution in [2.45, 2.75) is 58.3 Å². The number of carbonyl (C=O) groups is 2. The van der Waals surface area contributed by atoms with Crippen LogP contribution in [-0.2, 0) is 16.1 Å². The van der Waals surface area contributed by atoms with E-state index < -0.39 is 6.09 Å². The third-order valence-electron chi connectivity index (χ3n) is 6.95. The fraction of sp³-hybridized carbons (Fsp3) is 0.290. The van der Waals surface area contributed by atoms with Crippen molar-refractivity contribution in [2.24, 2.45) is 0 Å². The van der Waals surface area contributed by atoms with E-state index in [9.17, 15) is 9.59 Å². The van der Waals surface area contributed by atoms with Crippen LogP contribution in [0.5, 0.6) is 0 Å². The minimum absolute atomic E-state index is 0.192. The highest BCUT2D eigenvalue weighted by Gasteiger charge is 2.32. The standard InChI is InChI=1S/C31H31N5O4/c1-18(2)40-30(37)23-13-14-36-26(16-23)35-27(28(36)21-9-10-21)25-15-22-11-12-24(33-29(22)34-25)19(3)32-31(38)39-17-20-7-5-4-6-8-20/h4-8,11-16,18-19,21H,9-10,17H2,1-3H3,(H,32,38)(H,33,34)/t19-/m1/s1. The Kier molecular flexibility index (Phi) is 6.71. The minimum Gasteiger partial charge on any atom is -0.459 e. The third-order valence-corrected chi connectivity index (χ3v) is 6.95. The molecule has 0 saturated heterocycles. The molecule has 0 bridgehead atoms. The van der Waals surface area contributed by atoms with Crippen LogP contribution >= 0.6 is 0 Å². The zero-order valence-corrected chi connectivity index (χ0v) is 22.7. The quantitative estimate of drug-likeness (QED) is 0.225. The van der Waals surface area contributed by atoms with Gasteiger partial charge in [-0.3, -0.25) is 0 Å². The number of fused-ring (bicyclic) bond motifs is 2. The van der Waals surface area contributed by atoms with Crippen LogP contribution in [0.4, 0.5) is 4.79 Å². The molecule has 9 nitrogen and oxygen atoms in total. The van der Waals surface area contributed by atoms with Crippen LogP contribution in [0.3, 0.4) is 0 Å². The predicted molar refractivity (Wildman–Crippen MR) is 151 cm³/mol. The van der Waals surface area contributed by atoms with Crippen molar-refractivity contribution in [1.29, 1.82) is 0 Å². The number of amides is 1. The number of hydrogen-bond acceptors (Lipinski definition) is 6. The summed E-state index contributed by atoms with van der Waals surface area (Å²) in [5.41, 5.74) is 6.37. The molecule has 2 N–H and O–H groups in total. The number of nitrogens with zero attached hydrogens (tertiary/aromatic N) is 3. The van der Waals surface area contributed by atoms with E-state index in [1.54, 1.807) is 12.1 Å². The van der Waals surface area contributed by atoms with Gasteiger partial charge in [0.05, 0.1) is 34.8 Å². The van der Waals surface area contributed by atoms with Gasteiger partial charge >= 0.3 is 12.1 Å². The normalized spacial score (nSPS) is 14.0. The molecule has 204 valence electrons. The van der Waals surface area contributed by atoms with E-state index in [0.29, 0.717) is 28.5 Å².